The Morgan fingerprint density at radius 3 is 2.68 bits per heavy atom. The van der Waals surface area contributed by atoms with E-state index in [0.29, 0.717) is 11.8 Å². The van der Waals surface area contributed by atoms with Crippen molar-refractivity contribution in [1.82, 2.24) is 24.7 Å². The second-order valence-electron chi connectivity index (χ2n) is 5.63. The normalized spacial score (nSPS) is 10.8. The Morgan fingerprint density at radius 1 is 1.08 bits per heavy atom. The molecule has 0 saturated carbocycles. The molecule has 0 bridgehead atoms. The van der Waals surface area contributed by atoms with E-state index < -0.39 is 0 Å². The number of nitrogens with one attached hydrogen (secondary N) is 1. The van der Waals surface area contributed by atoms with E-state index in [0.717, 1.165) is 27.5 Å². The van der Waals surface area contributed by atoms with Crippen molar-refractivity contribution in [3.63, 3.8) is 0 Å². The van der Waals surface area contributed by atoms with Gasteiger partial charge in [-0.15, -0.1) is 11.3 Å². The van der Waals surface area contributed by atoms with Crippen LogP contribution in [0, 0.1) is 6.92 Å². The molecule has 4 aromatic rings. The fourth-order valence-corrected chi connectivity index (χ4v) is 3.26. The minimum absolute atomic E-state index is 0.508. The van der Waals surface area contributed by atoms with Gasteiger partial charge in [-0.3, -0.25) is 4.68 Å². The van der Waals surface area contributed by atoms with E-state index in [2.05, 4.69) is 32.5 Å². The van der Waals surface area contributed by atoms with Crippen LogP contribution in [0.15, 0.2) is 54.2 Å². The van der Waals surface area contributed by atoms with Gasteiger partial charge < -0.3 is 5.32 Å². The quantitative estimate of drug-likeness (QED) is 0.602. The number of anilines is 2. The van der Waals surface area contributed by atoms with Crippen LogP contribution in [0.5, 0.6) is 0 Å². The molecule has 1 aromatic carbocycles. The summed E-state index contributed by atoms with van der Waals surface area (Å²) in [5, 5.41) is 10.4. The Morgan fingerprint density at radius 2 is 1.92 bits per heavy atom. The first kappa shape index (κ1) is 15.5. The van der Waals surface area contributed by atoms with Gasteiger partial charge in [0.15, 0.2) is 5.82 Å². The summed E-state index contributed by atoms with van der Waals surface area (Å²) in [7, 11) is 1.87. The molecule has 0 amide bonds. The monoisotopic (exact) mass is 348 g/mol. The molecule has 0 fully saturated rings. The summed E-state index contributed by atoms with van der Waals surface area (Å²) < 4.78 is 1.73. The number of hydrogen-bond donors (Lipinski definition) is 1. The largest absolute Gasteiger partial charge is 0.307 e. The van der Waals surface area contributed by atoms with Crippen LogP contribution in [0.2, 0.25) is 0 Å². The molecule has 0 aliphatic rings. The van der Waals surface area contributed by atoms with Crippen molar-refractivity contribution in [2.75, 3.05) is 5.32 Å². The van der Waals surface area contributed by atoms with Crippen molar-refractivity contribution < 1.29 is 0 Å². The van der Waals surface area contributed by atoms with E-state index in [-0.39, 0.29) is 0 Å². The molecule has 124 valence electrons. The van der Waals surface area contributed by atoms with Crippen molar-refractivity contribution in [2.24, 2.45) is 7.05 Å². The van der Waals surface area contributed by atoms with Crippen molar-refractivity contribution >= 4 is 23.1 Å². The third-order valence-corrected chi connectivity index (χ3v) is 4.58. The molecule has 25 heavy (non-hydrogen) atoms. The van der Waals surface area contributed by atoms with Crippen molar-refractivity contribution in [2.45, 2.75) is 6.92 Å². The lowest BCUT2D eigenvalue weighted by atomic mass is 10.2. The number of thiazole rings is 1. The number of hydrogen-bond acceptors (Lipinski definition) is 6. The fourth-order valence-electron chi connectivity index (χ4n) is 2.45. The summed E-state index contributed by atoms with van der Waals surface area (Å²) in [6.07, 6.45) is 3.67. The predicted molar refractivity (Wildman–Crippen MR) is 99.8 cm³/mol. The van der Waals surface area contributed by atoms with Gasteiger partial charge in [0.25, 0.3) is 0 Å². The van der Waals surface area contributed by atoms with Crippen molar-refractivity contribution in [3.8, 4) is 22.0 Å². The van der Waals surface area contributed by atoms with Crippen LogP contribution in [0.3, 0.4) is 0 Å². The highest BCUT2D eigenvalue weighted by molar-refractivity contribution is 7.13. The average molecular weight is 348 g/mol. The summed E-state index contributed by atoms with van der Waals surface area (Å²) in [5.41, 5.74) is 3.77. The summed E-state index contributed by atoms with van der Waals surface area (Å²) >= 11 is 1.61. The Labute approximate surface area is 149 Å². The number of aryl methyl sites for hydroxylation is 2. The number of rotatable bonds is 4. The van der Waals surface area contributed by atoms with Crippen LogP contribution in [-0.4, -0.2) is 24.7 Å². The molecule has 0 atom stereocenters. The topological polar surface area (TPSA) is 68.5 Å². The lowest BCUT2D eigenvalue weighted by Crippen LogP contribution is -2.01. The second-order valence-corrected chi connectivity index (χ2v) is 6.49. The molecule has 6 nitrogen and oxygen atoms in total. The fraction of sp³-hybridized carbons (Fsp3) is 0.111. The molecule has 0 aliphatic heterocycles. The van der Waals surface area contributed by atoms with E-state index in [9.17, 15) is 0 Å². The molecule has 0 unspecified atom stereocenters. The van der Waals surface area contributed by atoms with Gasteiger partial charge >= 0.3 is 0 Å². The molecule has 0 saturated heterocycles. The third kappa shape index (κ3) is 3.27. The van der Waals surface area contributed by atoms with Crippen molar-refractivity contribution in [1.29, 1.82) is 0 Å². The molecule has 1 N–H and O–H groups in total. The highest BCUT2D eigenvalue weighted by Crippen LogP contribution is 2.29. The Bertz CT molecular complexity index is 1010. The zero-order valence-electron chi connectivity index (χ0n) is 13.8. The molecule has 0 radical (unpaired) electrons. The number of aromatic nitrogens is 5. The molecule has 7 heteroatoms. The van der Waals surface area contributed by atoms with E-state index in [1.165, 1.54) is 0 Å². The first-order valence-electron chi connectivity index (χ1n) is 7.81. The van der Waals surface area contributed by atoms with Crippen LogP contribution in [0.4, 0.5) is 11.8 Å². The van der Waals surface area contributed by atoms with Crippen LogP contribution >= 0.6 is 11.3 Å². The molecule has 3 aromatic heterocycles. The minimum Gasteiger partial charge on any atom is -0.307 e. The predicted octanol–water partition coefficient (Wildman–Crippen LogP) is 4.05. The van der Waals surface area contributed by atoms with Crippen LogP contribution in [0.1, 0.15) is 5.56 Å². The lowest BCUT2D eigenvalue weighted by Gasteiger charge is -2.05. The molecular weight excluding hydrogens is 332 g/mol. The maximum Gasteiger partial charge on any atom is 0.229 e. The van der Waals surface area contributed by atoms with Gasteiger partial charge in [0.1, 0.15) is 10.7 Å². The van der Waals surface area contributed by atoms with Gasteiger partial charge in [-0.25, -0.2) is 15.0 Å². The summed E-state index contributed by atoms with van der Waals surface area (Å²) in [6, 6.07) is 12.0. The highest BCUT2D eigenvalue weighted by Gasteiger charge is 2.12. The summed E-state index contributed by atoms with van der Waals surface area (Å²) in [5.74, 6) is 1.22. The summed E-state index contributed by atoms with van der Waals surface area (Å²) in [4.78, 5) is 13.7. The number of benzene rings is 1. The Hall–Kier alpha value is -3.06. The molecular formula is C18H16N6S. The maximum absolute atomic E-state index is 4.74. The van der Waals surface area contributed by atoms with Crippen molar-refractivity contribution in [3.05, 3.63) is 59.7 Å². The Kier molecular flexibility index (Phi) is 3.99. The molecule has 0 aliphatic carbocycles. The zero-order valence-corrected chi connectivity index (χ0v) is 14.7. The average Bonchev–Trinajstić information content (AvgIpc) is 3.27. The van der Waals surface area contributed by atoms with Gasteiger partial charge in [0.2, 0.25) is 5.95 Å². The minimum atomic E-state index is 0.508. The molecule has 3 heterocycles. The van der Waals surface area contributed by atoms with Crippen LogP contribution < -0.4 is 5.32 Å². The highest BCUT2D eigenvalue weighted by atomic mass is 32.1. The molecule has 4 rings (SSSR count). The van der Waals surface area contributed by atoms with Gasteiger partial charge in [0, 0.05) is 36.5 Å². The SMILES string of the molecule is Cc1cnc(Nc2ccn(C)n2)nc1-c1csc(-c2ccccc2)n1. The van der Waals surface area contributed by atoms with E-state index in [1.54, 1.807) is 22.2 Å². The van der Waals surface area contributed by atoms with E-state index >= 15 is 0 Å². The molecule has 0 spiro atoms. The van der Waals surface area contributed by atoms with Crippen LogP contribution in [-0.2, 0) is 7.05 Å². The van der Waals surface area contributed by atoms with E-state index in [1.807, 2.05) is 49.8 Å². The lowest BCUT2D eigenvalue weighted by molar-refractivity contribution is 0.770. The van der Waals surface area contributed by atoms with Gasteiger partial charge in [-0.1, -0.05) is 30.3 Å². The first-order chi connectivity index (χ1) is 12.2. The Balaban J connectivity index is 1.66. The summed E-state index contributed by atoms with van der Waals surface area (Å²) in [6.45, 7) is 1.99. The van der Waals surface area contributed by atoms with Gasteiger partial charge in [-0.2, -0.15) is 5.10 Å². The van der Waals surface area contributed by atoms with Gasteiger partial charge in [-0.05, 0) is 12.5 Å². The number of nitrogens with zero attached hydrogens (tertiary/aromatic N) is 5. The standard InChI is InChI=1S/C18H16N6S/c1-12-10-19-18(21-15-8-9-24(2)23-15)22-16(12)14-11-25-17(20-14)13-6-4-3-5-7-13/h3-11H,1-2H3,(H,19,21,22,23). The second kappa shape index (κ2) is 6.45. The first-order valence-corrected chi connectivity index (χ1v) is 8.68. The van der Waals surface area contributed by atoms with Crippen LogP contribution in [0.25, 0.3) is 22.0 Å². The third-order valence-electron chi connectivity index (χ3n) is 3.69. The van der Waals surface area contributed by atoms with E-state index in [4.69, 9.17) is 4.98 Å². The maximum atomic E-state index is 4.74. The smallest absolute Gasteiger partial charge is 0.229 e. The zero-order chi connectivity index (χ0) is 17.2. The van der Waals surface area contributed by atoms with Gasteiger partial charge in [0.05, 0.1) is 5.69 Å².